The van der Waals surface area contributed by atoms with Crippen LogP contribution in [0.25, 0.3) is 0 Å². The molecule has 0 amide bonds. The molecule has 52 heavy (non-hydrogen) atoms. The average Bonchev–Trinajstić information content (AvgIpc) is 3.28. The lowest BCUT2D eigenvalue weighted by atomic mass is 9.51. The van der Waals surface area contributed by atoms with Gasteiger partial charge in [0.05, 0.1) is 28.1 Å². The van der Waals surface area contributed by atoms with Gasteiger partial charge in [0, 0.05) is 53.4 Å². The molecule has 0 radical (unpaired) electrons. The molecule has 3 N–H and O–H groups in total. The molecule has 0 bridgehead atoms. The molecule has 0 aliphatic heterocycles. The molecule has 3 aliphatic rings. The van der Waals surface area contributed by atoms with E-state index in [1.807, 2.05) is 0 Å². The SMILES string of the molecule is CC(=O)OC[C@@]1(O)[C@H]2[C@H](OC(=O)c3ccccc3)[C@]3(C(C)(C)O)C[C@H](OC(C)=O)C(C)=C3[C@@H](OC(C)=O)[C@H](OC(C)=O)[C@]2(C)[C@@H](OC(C)=O)C[C@@H]1O. The van der Waals surface area contributed by atoms with Crippen molar-refractivity contribution in [2.24, 2.45) is 16.7 Å². The first-order valence-electron chi connectivity index (χ1n) is 16.9. The quantitative estimate of drug-likeness (QED) is 0.188. The maximum absolute atomic E-state index is 14.2. The van der Waals surface area contributed by atoms with Gasteiger partial charge in [0.2, 0.25) is 0 Å². The molecular weight excluding hydrogens is 684 g/mol. The molecule has 1 aromatic rings. The van der Waals surface area contributed by atoms with E-state index >= 15 is 0 Å². The lowest BCUT2D eigenvalue weighted by molar-refractivity contribution is -0.290. The van der Waals surface area contributed by atoms with E-state index in [4.69, 9.17) is 28.4 Å². The van der Waals surface area contributed by atoms with Gasteiger partial charge in [-0.3, -0.25) is 24.0 Å². The molecule has 286 valence electrons. The lowest BCUT2D eigenvalue weighted by Gasteiger charge is -2.60. The molecule has 0 spiro atoms. The third-order valence-corrected chi connectivity index (χ3v) is 10.8. The first kappa shape index (κ1) is 40.4. The summed E-state index contributed by atoms with van der Waals surface area (Å²) in [6.45, 7) is 10.3. The molecule has 0 unspecified atom stereocenters. The molecule has 3 aliphatic carbocycles. The number of carbonyl (C=O) groups is 6. The van der Waals surface area contributed by atoms with E-state index < -0.39 is 113 Å². The van der Waals surface area contributed by atoms with Crippen molar-refractivity contribution in [1.29, 1.82) is 0 Å². The predicted molar refractivity (Wildman–Crippen MR) is 178 cm³/mol. The molecule has 10 atom stereocenters. The number of aliphatic hydroxyl groups excluding tert-OH is 1. The summed E-state index contributed by atoms with van der Waals surface area (Å²) >= 11 is 0. The predicted octanol–water partition coefficient (Wildman–Crippen LogP) is 2.11. The summed E-state index contributed by atoms with van der Waals surface area (Å²) in [7, 11) is 0. The minimum absolute atomic E-state index is 0.0417. The van der Waals surface area contributed by atoms with Crippen molar-refractivity contribution in [2.75, 3.05) is 6.61 Å². The largest absolute Gasteiger partial charge is 0.463 e. The number of ether oxygens (including phenoxy) is 6. The normalized spacial score (nSPS) is 34.1. The van der Waals surface area contributed by atoms with E-state index in [9.17, 15) is 44.1 Å². The molecule has 15 heteroatoms. The van der Waals surface area contributed by atoms with Crippen LogP contribution in [0.5, 0.6) is 0 Å². The third-order valence-electron chi connectivity index (χ3n) is 10.8. The number of hydrogen-bond donors (Lipinski definition) is 3. The van der Waals surface area contributed by atoms with Crippen LogP contribution in [-0.4, -0.2) is 106 Å². The van der Waals surface area contributed by atoms with Crippen LogP contribution in [0.4, 0.5) is 0 Å². The van der Waals surface area contributed by atoms with E-state index in [1.54, 1.807) is 25.1 Å². The minimum Gasteiger partial charge on any atom is -0.463 e. The number of fused-ring (bicyclic) bond motifs is 2. The molecule has 0 saturated heterocycles. The van der Waals surface area contributed by atoms with Gasteiger partial charge in [-0.25, -0.2) is 4.79 Å². The number of aliphatic hydroxyl groups is 3. The highest BCUT2D eigenvalue weighted by molar-refractivity contribution is 5.89. The van der Waals surface area contributed by atoms with Crippen molar-refractivity contribution in [3.63, 3.8) is 0 Å². The smallest absolute Gasteiger partial charge is 0.338 e. The average molecular weight is 733 g/mol. The Morgan fingerprint density at radius 1 is 0.808 bits per heavy atom. The van der Waals surface area contributed by atoms with E-state index in [0.717, 1.165) is 34.6 Å². The Labute approximate surface area is 301 Å². The summed E-state index contributed by atoms with van der Waals surface area (Å²) < 4.78 is 35.3. The fourth-order valence-electron chi connectivity index (χ4n) is 8.78. The summed E-state index contributed by atoms with van der Waals surface area (Å²) in [5.74, 6) is -6.91. The monoisotopic (exact) mass is 732 g/mol. The maximum Gasteiger partial charge on any atom is 0.338 e. The van der Waals surface area contributed by atoms with Crippen LogP contribution in [0.3, 0.4) is 0 Å². The van der Waals surface area contributed by atoms with Crippen molar-refractivity contribution in [3.8, 4) is 0 Å². The third kappa shape index (κ3) is 7.05. The fraction of sp³-hybridized carbons (Fsp3) is 0.622. The van der Waals surface area contributed by atoms with Crippen molar-refractivity contribution < 1.29 is 72.5 Å². The Balaban J connectivity index is 2.28. The summed E-state index contributed by atoms with van der Waals surface area (Å²) in [4.78, 5) is 77.9. The van der Waals surface area contributed by atoms with E-state index in [0.29, 0.717) is 0 Å². The molecule has 0 aromatic heterocycles. The van der Waals surface area contributed by atoms with Gasteiger partial charge in [0.25, 0.3) is 0 Å². The zero-order valence-electron chi connectivity index (χ0n) is 30.8. The second-order valence-corrected chi connectivity index (χ2v) is 14.6. The van der Waals surface area contributed by atoms with Crippen LogP contribution < -0.4 is 0 Å². The van der Waals surface area contributed by atoms with Gasteiger partial charge in [-0.1, -0.05) is 25.1 Å². The highest BCUT2D eigenvalue weighted by atomic mass is 16.6. The van der Waals surface area contributed by atoms with E-state index in [-0.39, 0.29) is 23.1 Å². The Bertz CT molecular complexity index is 1630. The van der Waals surface area contributed by atoms with Crippen molar-refractivity contribution in [1.82, 2.24) is 0 Å². The van der Waals surface area contributed by atoms with E-state index in [2.05, 4.69) is 0 Å². The van der Waals surface area contributed by atoms with Crippen molar-refractivity contribution >= 4 is 35.8 Å². The zero-order chi connectivity index (χ0) is 39.1. The number of rotatable bonds is 9. The first-order valence-corrected chi connectivity index (χ1v) is 16.9. The van der Waals surface area contributed by atoms with Crippen LogP contribution in [0.15, 0.2) is 41.5 Å². The summed E-state index contributed by atoms with van der Waals surface area (Å²) in [5, 5.41) is 37.2. The Morgan fingerprint density at radius 2 is 1.37 bits per heavy atom. The van der Waals surface area contributed by atoms with Gasteiger partial charge in [-0.15, -0.1) is 0 Å². The Kier molecular flexibility index (Phi) is 11.3. The Morgan fingerprint density at radius 3 is 1.87 bits per heavy atom. The number of esters is 6. The van der Waals surface area contributed by atoms with E-state index in [1.165, 1.54) is 32.9 Å². The molecule has 0 heterocycles. The van der Waals surface area contributed by atoms with Crippen molar-refractivity contribution in [2.45, 2.75) is 123 Å². The van der Waals surface area contributed by atoms with Gasteiger partial charge < -0.3 is 43.7 Å². The van der Waals surface area contributed by atoms with Crippen LogP contribution in [0, 0.1) is 16.7 Å². The highest BCUT2D eigenvalue weighted by Crippen LogP contribution is 2.67. The molecule has 15 nitrogen and oxygen atoms in total. The minimum atomic E-state index is -2.60. The van der Waals surface area contributed by atoms with Gasteiger partial charge in [0.15, 0.2) is 12.2 Å². The number of hydrogen-bond acceptors (Lipinski definition) is 15. The molecule has 1 aromatic carbocycles. The van der Waals surface area contributed by atoms with Crippen molar-refractivity contribution in [3.05, 3.63) is 47.0 Å². The molecule has 2 saturated carbocycles. The van der Waals surface area contributed by atoms with Crippen LogP contribution in [-0.2, 0) is 52.4 Å². The molecule has 2 fully saturated rings. The second kappa shape index (κ2) is 14.6. The van der Waals surface area contributed by atoms with Crippen LogP contribution >= 0.6 is 0 Å². The number of benzene rings is 1. The van der Waals surface area contributed by atoms with Gasteiger partial charge >= 0.3 is 35.8 Å². The van der Waals surface area contributed by atoms with Gasteiger partial charge in [-0.05, 0) is 44.1 Å². The summed E-state index contributed by atoms with van der Waals surface area (Å²) in [6, 6.07) is 7.73. The zero-order valence-corrected chi connectivity index (χ0v) is 30.8. The first-order chi connectivity index (χ1) is 24.0. The molecule has 4 rings (SSSR count). The second-order valence-electron chi connectivity index (χ2n) is 14.6. The van der Waals surface area contributed by atoms with Gasteiger partial charge in [-0.2, -0.15) is 0 Å². The Hall–Kier alpha value is -4.34. The fourth-order valence-corrected chi connectivity index (χ4v) is 8.78. The lowest BCUT2D eigenvalue weighted by Crippen LogP contribution is -2.74. The topological polar surface area (TPSA) is 218 Å². The molecular formula is C37H48O15. The summed E-state index contributed by atoms with van der Waals surface area (Å²) in [5.41, 5.74) is -8.27. The number of carbonyl (C=O) groups excluding carboxylic acids is 6. The maximum atomic E-state index is 14.2. The standard InChI is InChI=1S/C37H48O15/c1-18-25(48-20(3)39)16-36(34(7,8)45)28(18)29(50-22(5)41)31(51-23(6)42)35(9)27(49-21(4)40)15-26(43)37(46,17-47-19(2)38)30(35)32(36)52-33(44)24-13-11-10-12-14-24/h10-14,25-27,29-32,43,45-46H,15-17H2,1-9H3/t25-,26-,27-,29+,30-,31-,32-,35+,36-,37-/m0/s1. The highest BCUT2D eigenvalue weighted by Gasteiger charge is 2.78. The van der Waals surface area contributed by atoms with Gasteiger partial charge in [0.1, 0.15) is 30.5 Å². The van der Waals surface area contributed by atoms with Crippen LogP contribution in [0.2, 0.25) is 0 Å². The summed E-state index contributed by atoms with van der Waals surface area (Å²) in [6.07, 6.45) is -10.5. The van der Waals surface area contributed by atoms with Crippen LogP contribution in [0.1, 0.15) is 85.5 Å².